The highest BCUT2D eigenvalue weighted by atomic mass is 16.1. The van der Waals surface area contributed by atoms with Crippen molar-refractivity contribution < 1.29 is 4.79 Å². The van der Waals surface area contributed by atoms with Gasteiger partial charge in [-0.3, -0.25) is 9.89 Å². The van der Waals surface area contributed by atoms with Gasteiger partial charge in [-0.2, -0.15) is 5.10 Å². The molecule has 0 aliphatic carbocycles. The number of H-pyrrole nitrogens is 2. The number of fused-ring (bicyclic) bond motifs is 1. The number of rotatable bonds is 5. The average molecular weight is 415 g/mol. The molecule has 1 aliphatic heterocycles. The minimum Gasteiger partial charge on any atom is -0.369 e. The molecule has 0 amide bonds. The summed E-state index contributed by atoms with van der Waals surface area (Å²) in [5.41, 5.74) is 7.53. The van der Waals surface area contributed by atoms with Gasteiger partial charge in [-0.25, -0.2) is 4.98 Å². The molecule has 0 radical (unpaired) electrons. The van der Waals surface area contributed by atoms with E-state index >= 15 is 0 Å². The predicted octanol–water partition coefficient (Wildman–Crippen LogP) is 3.40. The molecule has 1 fully saturated rings. The van der Waals surface area contributed by atoms with E-state index in [1.807, 2.05) is 20.0 Å². The lowest BCUT2D eigenvalue weighted by molar-refractivity contribution is 0.0987. The molecule has 0 spiro atoms. The molecule has 3 N–H and O–H groups in total. The Morgan fingerprint density at radius 3 is 2.77 bits per heavy atom. The molecule has 158 valence electrons. The van der Waals surface area contributed by atoms with Crippen LogP contribution in [0.3, 0.4) is 0 Å². The maximum Gasteiger partial charge on any atom is 0.187 e. The zero-order chi connectivity index (χ0) is 21.4. The quantitative estimate of drug-likeness (QED) is 0.436. The number of aromatic nitrogens is 4. The van der Waals surface area contributed by atoms with Crippen molar-refractivity contribution in [3.8, 4) is 11.1 Å². The second-order valence-electron chi connectivity index (χ2n) is 8.15. The van der Waals surface area contributed by atoms with Gasteiger partial charge in [0.05, 0.1) is 0 Å². The van der Waals surface area contributed by atoms with Crippen molar-refractivity contribution in [2.75, 3.05) is 31.1 Å². The molecule has 7 heteroatoms. The fourth-order valence-electron chi connectivity index (χ4n) is 4.20. The fourth-order valence-corrected chi connectivity index (χ4v) is 4.20. The van der Waals surface area contributed by atoms with Crippen LogP contribution in [-0.2, 0) is 6.42 Å². The highest BCUT2D eigenvalue weighted by molar-refractivity contribution is 5.99. The second-order valence-corrected chi connectivity index (χ2v) is 8.15. The van der Waals surface area contributed by atoms with E-state index in [0.717, 1.165) is 65.2 Å². The Labute approximate surface area is 180 Å². The van der Waals surface area contributed by atoms with Gasteiger partial charge in [0, 0.05) is 72.9 Å². The van der Waals surface area contributed by atoms with Crippen LogP contribution in [0.2, 0.25) is 0 Å². The monoisotopic (exact) mass is 414 g/mol. The Bertz CT molecular complexity index is 1250. The third-order valence-electron chi connectivity index (χ3n) is 6.11. The van der Waals surface area contributed by atoms with Gasteiger partial charge >= 0.3 is 0 Å². The first-order chi connectivity index (χ1) is 15.1. The smallest absolute Gasteiger partial charge is 0.187 e. The molecule has 0 saturated carbocycles. The Balaban J connectivity index is 1.45. The zero-order valence-corrected chi connectivity index (χ0v) is 17.8. The summed E-state index contributed by atoms with van der Waals surface area (Å²) in [5, 5.41) is 11.5. The number of hydrogen-bond donors (Lipinski definition) is 3. The number of nitrogens with one attached hydrogen (secondary N) is 3. The third-order valence-corrected chi connectivity index (χ3v) is 6.11. The van der Waals surface area contributed by atoms with Gasteiger partial charge in [0.25, 0.3) is 0 Å². The first kappa shape index (κ1) is 19.5. The summed E-state index contributed by atoms with van der Waals surface area (Å²) >= 11 is 0. The van der Waals surface area contributed by atoms with Crippen LogP contribution < -0.4 is 10.2 Å². The van der Waals surface area contributed by atoms with Crippen LogP contribution in [-0.4, -0.2) is 52.1 Å². The Kier molecular flexibility index (Phi) is 5.03. The van der Waals surface area contributed by atoms with Crippen LogP contribution in [0.5, 0.6) is 0 Å². The highest BCUT2D eigenvalue weighted by Gasteiger charge is 2.17. The summed E-state index contributed by atoms with van der Waals surface area (Å²) in [6.45, 7) is 7.88. The number of Topliss-reactive ketones (excluding diaryl/α,β-unsaturated/α-hetero) is 1. The van der Waals surface area contributed by atoms with Crippen LogP contribution in [0, 0.1) is 13.8 Å². The van der Waals surface area contributed by atoms with Crippen molar-refractivity contribution in [3.05, 3.63) is 65.2 Å². The van der Waals surface area contributed by atoms with Crippen molar-refractivity contribution in [1.82, 2.24) is 25.5 Å². The van der Waals surface area contributed by atoms with Crippen molar-refractivity contribution in [3.63, 3.8) is 0 Å². The molecule has 5 rings (SSSR count). The summed E-state index contributed by atoms with van der Waals surface area (Å²) in [6, 6.07) is 10.7. The van der Waals surface area contributed by atoms with Crippen molar-refractivity contribution >= 4 is 22.5 Å². The number of benzene rings is 1. The minimum atomic E-state index is 0.000732. The average Bonchev–Trinajstić information content (AvgIpc) is 3.37. The van der Waals surface area contributed by atoms with E-state index in [2.05, 4.69) is 60.7 Å². The molecule has 1 aromatic carbocycles. The maximum atomic E-state index is 12.8. The molecule has 0 atom stereocenters. The summed E-state index contributed by atoms with van der Waals surface area (Å²) in [6.07, 6.45) is 4.05. The summed E-state index contributed by atoms with van der Waals surface area (Å²) in [4.78, 5) is 23.0. The molecule has 1 saturated heterocycles. The first-order valence-corrected chi connectivity index (χ1v) is 10.7. The van der Waals surface area contributed by atoms with Gasteiger partial charge in [-0.15, -0.1) is 0 Å². The van der Waals surface area contributed by atoms with E-state index in [9.17, 15) is 4.79 Å². The highest BCUT2D eigenvalue weighted by Crippen LogP contribution is 2.31. The van der Waals surface area contributed by atoms with Gasteiger partial charge < -0.3 is 15.2 Å². The lowest BCUT2D eigenvalue weighted by Crippen LogP contribution is -2.43. The number of carbonyl (C=O) groups is 1. The summed E-state index contributed by atoms with van der Waals surface area (Å²) in [5.74, 6) is 0.000732. The van der Waals surface area contributed by atoms with Crippen molar-refractivity contribution in [2.45, 2.75) is 20.3 Å². The number of ketones is 1. The summed E-state index contributed by atoms with van der Waals surface area (Å²) < 4.78 is 0. The van der Waals surface area contributed by atoms with Crippen LogP contribution in [0.1, 0.15) is 27.3 Å². The standard InChI is InChI=1S/C24H26N6O/c1-15-16(2)28-29-23(15)22(31)11-17-10-20-21(14-27-24(20)26-13-17)18-4-3-5-19(12-18)30-8-6-25-7-9-30/h3-5,10,12-14,25H,6-9,11H2,1-2H3,(H,26,27)(H,28,29). The first-order valence-electron chi connectivity index (χ1n) is 10.7. The third kappa shape index (κ3) is 3.72. The van der Waals surface area contributed by atoms with Gasteiger partial charge in [-0.05, 0) is 43.2 Å². The molecule has 0 unspecified atom stereocenters. The van der Waals surface area contributed by atoms with Crippen molar-refractivity contribution in [2.24, 2.45) is 0 Å². The zero-order valence-electron chi connectivity index (χ0n) is 17.8. The van der Waals surface area contributed by atoms with Gasteiger partial charge in [0.2, 0.25) is 0 Å². The predicted molar refractivity (Wildman–Crippen MR) is 123 cm³/mol. The van der Waals surface area contributed by atoms with E-state index in [1.165, 1.54) is 5.69 Å². The Hall–Kier alpha value is -3.45. The van der Waals surface area contributed by atoms with Gasteiger partial charge in [0.15, 0.2) is 5.78 Å². The van der Waals surface area contributed by atoms with Gasteiger partial charge in [0.1, 0.15) is 11.3 Å². The number of aromatic amines is 2. The number of pyridine rings is 1. The summed E-state index contributed by atoms with van der Waals surface area (Å²) in [7, 11) is 0. The number of nitrogens with zero attached hydrogens (tertiary/aromatic N) is 3. The number of aryl methyl sites for hydroxylation is 1. The molecule has 1 aliphatic rings. The Morgan fingerprint density at radius 1 is 1.16 bits per heavy atom. The van der Waals surface area contributed by atoms with Crippen molar-refractivity contribution in [1.29, 1.82) is 0 Å². The van der Waals surface area contributed by atoms with Crippen LogP contribution in [0.15, 0.2) is 42.7 Å². The second kappa shape index (κ2) is 8.00. The van der Waals surface area contributed by atoms with E-state index in [-0.39, 0.29) is 12.2 Å². The lowest BCUT2D eigenvalue weighted by Gasteiger charge is -2.29. The molecule has 7 nitrogen and oxygen atoms in total. The van der Waals surface area contributed by atoms with Crippen LogP contribution in [0.4, 0.5) is 5.69 Å². The van der Waals surface area contributed by atoms with E-state index in [1.54, 1.807) is 6.20 Å². The Morgan fingerprint density at radius 2 is 2.00 bits per heavy atom. The SMILES string of the molecule is Cc1[nH]nc(C(=O)Cc2cnc3[nH]cc(-c4cccc(N5CCNCC5)c4)c3c2)c1C. The van der Waals surface area contributed by atoms with Gasteiger partial charge in [-0.1, -0.05) is 12.1 Å². The van der Waals surface area contributed by atoms with Crippen LogP contribution >= 0.6 is 0 Å². The molecular formula is C24H26N6O. The van der Waals surface area contributed by atoms with E-state index in [4.69, 9.17) is 0 Å². The topological polar surface area (TPSA) is 89.7 Å². The maximum absolute atomic E-state index is 12.8. The van der Waals surface area contributed by atoms with E-state index < -0.39 is 0 Å². The normalized spacial score (nSPS) is 14.3. The molecular weight excluding hydrogens is 388 g/mol. The fraction of sp³-hybridized carbons (Fsp3) is 0.292. The molecule has 4 aromatic rings. The molecule has 0 bridgehead atoms. The van der Waals surface area contributed by atoms with Crippen LogP contribution in [0.25, 0.3) is 22.2 Å². The molecule has 3 aromatic heterocycles. The lowest BCUT2D eigenvalue weighted by atomic mass is 10.0. The number of piperazine rings is 1. The number of carbonyl (C=O) groups excluding carboxylic acids is 1. The number of anilines is 1. The number of hydrogen-bond acceptors (Lipinski definition) is 5. The van der Waals surface area contributed by atoms with E-state index in [0.29, 0.717) is 5.69 Å². The minimum absolute atomic E-state index is 0.000732. The largest absolute Gasteiger partial charge is 0.369 e. The molecule has 31 heavy (non-hydrogen) atoms. The molecule has 4 heterocycles.